The van der Waals surface area contributed by atoms with Crippen molar-refractivity contribution >= 4 is 5.97 Å². The molecule has 100 valence electrons. The molecule has 1 heterocycles. The van der Waals surface area contributed by atoms with Gasteiger partial charge >= 0.3 is 5.97 Å². The number of likely N-dealkylation sites (tertiary alicyclic amines) is 1. The zero-order valence-electron chi connectivity index (χ0n) is 11.0. The maximum atomic E-state index is 11.7. The van der Waals surface area contributed by atoms with Crippen LogP contribution in [0, 0.1) is 0 Å². The van der Waals surface area contributed by atoms with E-state index in [1.54, 1.807) is 0 Å². The Labute approximate surface area is 103 Å². The van der Waals surface area contributed by atoms with Crippen molar-refractivity contribution in [3.05, 3.63) is 0 Å². The Morgan fingerprint density at radius 2 is 2.00 bits per heavy atom. The average Bonchev–Trinajstić information content (AvgIpc) is 2.19. The molecule has 5 nitrogen and oxygen atoms in total. The van der Waals surface area contributed by atoms with Crippen molar-refractivity contribution in [1.82, 2.24) is 4.90 Å². The summed E-state index contributed by atoms with van der Waals surface area (Å²) in [7, 11) is 0. The van der Waals surface area contributed by atoms with E-state index in [0.29, 0.717) is 6.54 Å². The molecule has 1 aliphatic heterocycles. The minimum atomic E-state index is -0.607. The van der Waals surface area contributed by atoms with Gasteiger partial charge in [-0.15, -0.1) is 0 Å². The van der Waals surface area contributed by atoms with E-state index in [0.717, 1.165) is 25.9 Å². The Kier molecular flexibility index (Phi) is 4.91. The van der Waals surface area contributed by atoms with Crippen LogP contribution in [0.1, 0.15) is 33.6 Å². The first-order valence-electron chi connectivity index (χ1n) is 6.17. The smallest absolute Gasteiger partial charge is 0.324 e. The van der Waals surface area contributed by atoms with Crippen LogP contribution in [-0.4, -0.2) is 53.4 Å². The fraction of sp³-hybridized carbons (Fsp3) is 0.917. The van der Waals surface area contributed by atoms with Crippen molar-refractivity contribution in [2.24, 2.45) is 5.73 Å². The zero-order valence-corrected chi connectivity index (χ0v) is 11.0. The molecule has 0 bridgehead atoms. The van der Waals surface area contributed by atoms with Gasteiger partial charge < -0.3 is 20.5 Å². The number of piperidine rings is 1. The van der Waals surface area contributed by atoms with Crippen molar-refractivity contribution in [3.8, 4) is 0 Å². The normalized spacial score (nSPS) is 21.2. The lowest BCUT2D eigenvalue weighted by molar-refractivity contribution is -0.157. The number of aliphatic hydroxyl groups excluding tert-OH is 1. The lowest BCUT2D eigenvalue weighted by Crippen LogP contribution is -2.48. The molecule has 1 rings (SSSR count). The van der Waals surface area contributed by atoms with Gasteiger partial charge in [0, 0.05) is 19.6 Å². The van der Waals surface area contributed by atoms with Gasteiger partial charge in [0.2, 0.25) is 0 Å². The molecule has 1 unspecified atom stereocenters. The van der Waals surface area contributed by atoms with Crippen LogP contribution in [0.3, 0.4) is 0 Å². The fourth-order valence-corrected chi connectivity index (χ4v) is 1.83. The number of aliphatic hydroxyl groups is 1. The third-order valence-corrected chi connectivity index (χ3v) is 2.72. The molecule has 17 heavy (non-hydrogen) atoms. The van der Waals surface area contributed by atoms with E-state index in [4.69, 9.17) is 10.5 Å². The number of nitrogens with zero attached hydrogens (tertiary/aromatic N) is 1. The fourth-order valence-electron chi connectivity index (χ4n) is 1.83. The minimum Gasteiger partial charge on any atom is -0.459 e. The minimum absolute atomic E-state index is 0.205. The summed E-state index contributed by atoms with van der Waals surface area (Å²) in [5.74, 6) is -0.358. The standard InChI is InChI=1S/C12H24N2O3/c1-12(2,3)17-11(16)10(13)8-14-6-4-9(15)5-7-14/h9-10,15H,4-8,13H2,1-3H3. The van der Waals surface area contributed by atoms with Gasteiger partial charge in [-0.25, -0.2) is 0 Å². The monoisotopic (exact) mass is 244 g/mol. The summed E-state index contributed by atoms with van der Waals surface area (Å²) in [4.78, 5) is 13.8. The number of hydrogen-bond donors (Lipinski definition) is 2. The third kappa shape index (κ3) is 5.48. The Morgan fingerprint density at radius 1 is 1.47 bits per heavy atom. The van der Waals surface area contributed by atoms with Gasteiger partial charge in [0.25, 0.3) is 0 Å². The van der Waals surface area contributed by atoms with Crippen molar-refractivity contribution < 1.29 is 14.6 Å². The summed E-state index contributed by atoms with van der Waals surface area (Å²) in [6.45, 7) is 7.57. The van der Waals surface area contributed by atoms with Crippen LogP contribution in [0.2, 0.25) is 0 Å². The van der Waals surface area contributed by atoms with E-state index in [2.05, 4.69) is 4.90 Å². The van der Waals surface area contributed by atoms with Gasteiger partial charge in [-0.1, -0.05) is 0 Å². The van der Waals surface area contributed by atoms with Gasteiger partial charge in [-0.2, -0.15) is 0 Å². The highest BCUT2D eigenvalue weighted by Gasteiger charge is 2.25. The van der Waals surface area contributed by atoms with Crippen LogP contribution in [0.4, 0.5) is 0 Å². The number of ether oxygens (including phenoxy) is 1. The topological polar surface area (TPSA) is 75.8 Å². The maximum absolute atomic E-state index is 11.7. The Hall–Kier alpha value is -0.650. The molecule has 0 aromatic carbocycles. The van der Waals surface area contributed by atoms with E-state index in [1.165, 1.54) is 0 Å². The Morgan fingerprint density at radius 3 is 2.47 bits per heavy atom. The number of carbonyl (C=O) groups is 1. The predicted molar refractivity (Wildman–Crippen MR) is 65.5 cm³/mol. The predicted octanol–water partition coefficient (Wildman–Crippen LogP) is 0.112. The first kappa shape index (κ1) is 14.4. The number of carbonyl (C=O) groups excluding carboxylic acids is 1. The molecule has 1 atom stereocenters. The molecule has 3 N–H and O–H groups in total. The highest BCUT2D eigenvalue weighted by molar-refractivity contribution is 5.76. The van der Waals surface area contributed by atoms with Gasteiger partial charge in [-0.3, -0.25) is 4.79 Å². The van der Waals surface area contributed by atoms with Crippen molar-refractivity contribution in [1.29, 1.82) is 0 Å². The van der Waals surface area contributed by atoms with Crippen LogP contribution in [0.5, 0.6) is 0 Å². The van der Waals surface area contributed by atoms with E-state index < -0.39 is 11.6 Å². The molecular formula is C12H24N2O3. The highest BCUT2D eigenvalue weighted by Crippen LogP contribution is 2.12. The second kappa shape index (κ2) is 5.80. The molecular weight excluding hydrogens is 220 g/mol. The molecule has 1 fully saturated rings. The average molecular weight is 244 g/mol. The van der Waals surface area contributed by atoms with Crippen molar-refractivity contribution in [2.75, 3.05) is 19.6 Å². The Balaban J connectivity index is 2.33. The maximum Gasteiger partial charge on any atom is 0.324 e. The van der Waals surface area contributed by atoms with Crippen LogP contribution in [0.15, 0.2) is 0 Å². The largest absolute Gasteiger partial charge is 0.459 e. The summed E-state index contributed by atoms with van der Waals surface area (Å²) >= 11 is 0. The molecule has 0 radical (unpaired) electrons. The summed E-state index contributed by atoms with van der Waals surface area (Å²) in [6.07, 6.45) is 1.30. The van der Waals surface area contributed by atoms with Gasteiger partial charge in [-0.05, 0) is 33.6 Å². The number of nitrogens with two attached hydrogens (primary N) is 1. The first-order valence-corrected chi connectivity index (χ1v) is 6.17. The van der Waals surface area contributed by atoms with E-state index in [-0.39, 0.29) is 12.1 Å². The molecule has 0 aliphatic carbocycles. The van der Waals surface area contributed by atoms with Gasteiger partial charge in [0.05, 0.1) is 6.10 Å². The molecule has 0 amide bonds. The third-order valence-electron chi connectivity index (χ3n) is 2.72. The second-order valence-electron chi connectivity index (χ2n) is 5.67. The summed E-state index contributed by atoms with van der Waals surface area (Å²) in [6, 6.07) is -0.607. The molecule has 0 aromatic rings. The lowest BCUT2D eigenvalue weighted by atomic mass is 10.1. The first-order chi connectivity index (χ1) is 7.78. The molecule has 0 saturated carbocycles. The number of hydrogen-bond acceptors (Lipinski definition) is 5. The highest BCUT2D eigenvalue weighted by atomic mass is 16.6. The van der Waals surface area contributed by atoms with Gasteiger partial charge in [0.1, 0.15) is 11.6 Å². The van der Waals surface area contributed by atoms with Crippen LogP contribution >= 0.6 is 0 Å². The molecule has 1 saturated heterocycles. The molecule has 5 heteroatoms. The van der Waals surface area contributed by atoms with E-state index in [1.807, 2.05) is 20.8 Å². The Bertz CT molecular complexity index is 255. The summed E-state index contributed by atoms with van der Waals surface area (Å²) in [5, 5.41) is 9.37. The number of esters is 1. The van der Waals surface area contributed by atoms with Crippen LogP contribution in [0.25, 0.3) is 0 Å². The van der Waals surface area contributed by atoms with Crippen molar-refractivity contribution in [3.63, 3.8) is 0 Å². The van der Waals surface area contributed by atoms with Gasteiger partial charge in [0.15, 0.2) is 0 Å². The summed E-state index contributed by atoms with van der Waals surface area (Å²) in [5.41, 5.74) is 5.32. The lowest BCUT2D eigenvalue weighted by Gasteiger charge is -2.31. The molecule has 0 spiro atoms. The van der Waals surface area contributed by atoms with E-state index >= 15 is 0 Å². The van der Waals surface area contributed by atoms with Crippen LogP contribution in [-0.2, 0) is 9.53 Å². The summed E-state index contributed by atoms with van der Waals surface area (Å²) < 4.78 is 5.22. The quantitative estimate of drug-likeness (QED) is 0.689. The molecule has 0 aromatic heterocycles. The van der Waals surface area contributed by atoms with Crippen LogP contribution < -0.4 is 5.73 Å². The SMILES string of the molecule is CC(C)(C)OC(=O)C(N)CN1CCC(O)CC1. The second-order valence-corrected chi connectivity index (χ2v) is 5.67. The molecule has 1 aliphatic rings. The van der Waals surface area contributed by atoms with Crippen molar-refractivity contribution in [2.45, 2.75) is 51.4 Å². The van der Waals surface area contributed by atoms with E-state index in [9.17, 15) is 9.90 Å². The zero-order chi connectivity index (χ0) is 13.1. The number of rotatable bonds is 3.